The molecule has 0 radical (unpaired) electrons. The molecule has 1 aliphatic heterocycles. The molecule has 2 N–H and O–H groups in total. The van der Waals surface area contributed by atoms with Crippen molar-refractivity contribution >= 4 is 15.7 Å². The van der Waals surface area contributed by atoms with Crippen LogP contribution in [0.5, 0.6) is 0 Å². The van der Waals surface area contributed by atoms with E-state index in [0.717, 1.165) is 25.7 Å². The number of hydrogen-bond donors (Lipinski definition) is 2. The number of rotatable bonds is 3. The van der Waals surface area contributed by atoms with Crippen LogP contribution in [-0.2, 0) is 14.6 Å². The van der Waals surface area contributed by atoms with Crippen LogP contribution in [-0.4, -0.2) is 42.6 Å². The molecule has 2 rings (SSSR count). The Morgan fingerprint density at radius 1 is 1.16 bits per heavy atom. The Labute approximate surface area is 114 Å². The van der Waals surface area contributed by atoms with Crippen LogP contribution in [0.15, 0.2) is 0 Å². The number of sulfone groups is 1. The second-order valence-electron chi connectivity index (χ2n) is 5.85. The van der Waals surface area contributed by atoms with Gasteiger partial charge in [0.25, 0.3) is 0 Å². The van der Waals surface area contributed by atoms with E-state index in [1.165, 1.54) is 0 Å². The Hall–Kier alpha value is -0.620. The molecule has 1 atom stereocenters. The fourth-order valence-electron chi connectivity index (χ4n) is 3.00. The van der Waals surface area contributed by atoms with Gasteiger partial charge >= 0.3 is 0 Å². The smallest absolute Gasteiger partial charge is 0.238 e. The van der Waals surface area contributed by atoms with E-state index in [0.29, 0.717) is 25.7 Å². The van der Waals surface area contributed by atoms with Gasteiger partial charge in [0.15, 0.2) is 9.84 Å². The highest BCUT2D eigenvalue weighted by Gasteiger charge is 2.36. The third-order valence-corrected chi connectivity index (χ3v) is 6.42. The van der Waals surface area contributed by atoms with Crippen molar-refractivity contribution in [3.63, 3.8) is 0 Å². The lowest BCUT2D eigenvalue weighted by Crippen LogP contribution is -2.49. The number of carbonyl (C=O) groups excluding carboxylic acids is 1. The summed E-state index contributed by atoms with van der Waals surface area (Å²) in [6.07, 6.45) is 6.26. The van der Waals surface area contributed by atoms with Crippen LogP contribution in [0, 0.1) is 0 Å². The maximum absolute atomic E-state index is 12.0. The van der Waals surface area contributed by atoms with Crippen LogP contribution >= 0.6 is 0 Å². The molecule has 1 unspecified atom stereocenters. The summed E-state index contributed by atoms with van der Waals surface area (Å²) >= 11 is 0. The highest BCUT2D eigenvalue weighted by molar-refractivity contribution is 7.92. The molecule has 1 heterocycles. The van der Waals surface area contributed by atoms with Gasteiger partial charge in [-0.2, -0.15) is 0 Å². The molecule has 0 bridgehead atoms. The average Bonchev–Trinajstić information content (AvgIpc) is 2.36. The van der Waals surface area contributed by atoms with Crippen LogP contribution in [0.25, 0.3) is 0 Å². The van der Waals surface area contributed by atoms with Crippen LogP contribution < -0.4 is 5.32 Å². The standard InChI is InChI=1S/C13H23NO4S/c15-12(11-6-2-5-9-19(11,17)18)14-10-13(16)7-3-1-4-8-13/h11,16H,1-10H2,(H,14,15). The number of aliphatic hydroxyl groups is 1. The molecule has 1 amide bonds. The first-order valence-corrected chi connectivity index (χ1v) is 8.86. The normalized spacial score (nSPS) is 29.6. The molecule has 2 aliphatic rings. The predicted octanol–water partition coefficient (Wildman–Crippen LogP) is 0.765. The largest absolute Gasteiger partial charge is 0.388 e. The van der Waals surface area contributed by atoms with Crippen LogP contribution in [0.3, 0.4) is 0 Å². The molecule has 19 heavy (non-hydrogen) atoms. The number of carbonyl (C=O) groups is 1. The van der Waals surface area contributed by atoms with Gasteiger partial charge < -0.3 is 10.4 Å². The second kappa shape index (κ2) is 5.79. The van der Waals surface area contributed by atoms with Gasteiger partial charge in [-0.05, 0) is 25.7 Å². The molecule has 0 aromatic heterocycles. The summed E-state index contributed by atoms with van der Waals surface area (Å²) < 4.78 is 23.7. The predicted molar refractivity (Wildman–Crippen MR) is 72.5 cm³/mol. The fourth-order valence-corrected chi connectivity index (χ4v) is 4.83. The van der Waals surface area contributed by atoms with Crippen LogP contribution in [0.4, 0.5) is 0 Å². The van der Waals surface area contributed by atoms with E-state index in [2.05, 4.69) is 5.32 Å². The lowest BCUT2D eigenvalue weighted by atomic mass is 9.85. The molecule has 0 aromatic rings. The van der Waals surface area contributed by atoms with E-state index in [1.807, 2.05) is 0 Å². The first-order chi connectivity index (χ1) is 8.93. The third kappa shape index (κ3) is 3.69. The van der Waals surface area contributed by atoms with Crippen molar-refractivity contribution in [2.75, 3.05) is 12.3 Å². The maximum Gasteiger partial charge on any atom is 0.238 e. The molecule has 110 valence electrons. The Morgan fingerprint density at radius 3 is 2.47 bits per heavy atom. The minimum absolute atomic E-state index is 0.107. The highest BCUT2D eigenvalue weighted by atomic mass is 32.2. The van der Waals surface area contributed by atoms with Gasteiger partial charge in [0.1, 0.15) is 5.25 Å². The van der Waals surface area contributed by atoms with Crippen LogP contribution in [0.2, 0.25) is 0 Å². The van der Waals surface area contributed by atoms with Gasteiger partial charge in [0, 0.05) is 6.54 Å². The van der Waals surface area contributed by atoms with Crippen molar-refractivity contribution in [3.05, 3.63) is 0 Å². The summed E-state index contributed by atoms with van der Waals surface area (Å²) in [6, 6.07) is 0. The van der Waals surface area contributed by atoms with Crippen molar-refractivity contribution in [1.82, 2.24) is 5.32 Å². The molecule has 2 fully saturated rings. The Morgan fingerprint density at radius 2 is 1.84 bits per heavy atom. The molecule has 0 aromatic carbocycles. The van der Waals surface area contributed by atoms with Crippen molar-refractivity contribution in [2.24, 2.45) is 0 Å². The van der Waals surface area contributed by atoms with Crippen molar-refractivity contribution in [1.29, 1.82) is 0 Å². The van der Waals surface area contributed by atoms with Gasteiger partial charge in [-0.15, -0.1) is 0 Å². The Balaban J connectivity index is 1.90. The average molecular weight is 289 g/mol. The molecular formula is C13H23NO4S. The van der Waals surface area contributed by atoms with E-state index in [-0.39, 0.29) is 12.3 Å². The molecule has 1 saturated heterocycles. The van der Waals surface area contributed by atoms with E-state index in [1.54, 1.807) is 0 Å². The van der Waals surface area contributed by atoms with E-state index in [4.69, 9.17) is 0 Å². The molecule has 1 saturated carbocycles. The van der Waals surface area contributed by atoms with E-state index in [9.17, 15) is 18.3 Å². The number of amides is 1. The van der Waals surface area contributed by atoms with Crippen molar-refractivity contribution < 1.29 is 18.3 Å². The summed E-state index contributed by atoms with van der Waals surface area (Å²) in [6.45, 7) is 0.178. The third-order valence-electron chi connectivity index (χ3n) is 4.25. The maximum atomic E-state index is 12.0. The molecular weight excluding hydrogens is 266 g/mol. The first kappa shape index (κ1) is 14.8. The van der Waals surface area contributed by atoms with E-state index >= 15 is 0 Å². The fraction of sp³-hybridized carbons (Fsp3) is 0.923. The lowest BCUT2D eigenvalue weighted by Gasteiger charge is -2.32. The molecule has 5 nitrogen and oxygen atoms in total. The molecule has 1 aliphatic carbocycles. The first-order valence-electron chi connectivity index (χ1n) is 7.15. The Kier molecular flexibility index (Phi) is 4.50. The second-order valence-corrected chi connectivity index (χ2v) is 8.16. The van der Waals surface area contributed by atoms with Crippen molar-refractivity contribution in [2.45, 2.75) is 62.2 Å². The minimum Gasteiger partial charge on any atom is -0.388 e. The molecule has 6 heteroatoms. The lowest BCUT2D eigenvalue weighted by molar-refractivity contribution is -0.122. The molecule has 0 spiro atoms. The van der Waals surface area contributed by atoms with Crippen LogP contribution in [0.1, 0.15) is 51.4 Å². The summed E-state index contributed by atoms with van der Waals surface area (Å²) in [5, 5.41) is 12.0. The van der Waals surface area contributed by atoms with E-state index < -0.39 is 26.6 Å². The van der Waals surface area contributed by atoms with Crippen molar-refractivity contribution in [3.8, 4) is 0 Å². The number of hydrogen-bond acceptors (Lipinski definition) is 4. The van der Waals surface area contributed by atoms with Gasteiger partial charge in [0.05, 0.1) is 11.4 Å². The van der Waals surface area contributed by atoms with Gasteiger partial charge in [0.2, 0.25) is 5.91 Å². The van der Waals surface area contributed by atoms with Gasteiger partial charge in [-0.3, -0.25) is 4.79 Å². The number of nitrogens with one attached hydrogen (secondary N) is 1. The van der Waals surface area contributed by atoms with Gasteiger partial charge in [-0.25, -0.2) is 8.42 Å². The summed E-state index contributed by atoms with van der Waals surface area (Å²) in [5.41, 5.74) is -0.841. The summed E-state index contributed by atoms with van der Waals surface area (Å²) in [4.78, 5) is 12.0. The zero-order valence-corrected chi connectivity index (χ0v) is 12.0. The van der Waals surface area contributed by atoms with Gasteiger partial charge in [-0.1, -0.05) is 25.7 Å². The monoisotopic (exact) mass is 289 g/mol. The Bertz CT molecular complexity index is 426. The topological polar surface area (TPSA) is 83.5 Å². The highest BCUT2D eigenvalue weighted by Crippen LogP contribution is 2.27. The summed E-state index contributed by atoms with van der Waals surface area (Å²) in [7, 11) is -3.29. The quantitative estimate of drug-likeness (QED) is 0.803. The SMILES string of the molecule is O=C(NCC1(O)CCCCC1)C1CCCCS1(=O)=O. The zero-order chi connectivity index (χ0) is 13.9. The summed E-state index contributed by atoms with van der Waals surface area (Å²) in [5.74, 6) is -0.325. The minimum atomic E-state index is -3.29. The zero-order valence-electron chi connectivity index (χ0n) is 11.2.